The van der Waals surface area contributed by atoms with Crippen LogP contribution in [0.3, 0.4) is 0 Å². The smallest absolute Gasteiger partial charge is 0.240 e. The van der Waals surface area contributed by atoms with Crippen molar-refractivity contribution < 1.29 is 13.2 Å². The molecule has 1 aromatic rings. The van der Waals surface area contributed by atoms with E-state index in [2.05, 4.69) is 10.0 Å². The number of benzene rings is 1. The van der Waals surface area contributed by atoms with Crippen molar-refractivity contribution in [2.45, 2.75) is 31.2 Å². The van der Waals surface area contributed by atoms with E-state index in [4.69, 9.17) is 4.74 Å². The first kappa shape index (κ1) is 16.4. The summed E-state index contributed by atoms with van der Waals surface area (Å²) in [7, 11) is -1.62. The average Bonchev–Trinajstić information content (AvgIpc) is 2.99. The van der Waals surface area contributed by atoms with Gasteiger partial charge in [-0.15, -0.1) is 0 Å². The summed E-state index contributed by atoms with van der Waals surface area (Å²) >= 11 is 0. The Kier molecular flexibility index (Phi) is 5.75. The quantitative estimate of drug-likeness (QED) is 0.796. The molecule has 0 spiro atoms. The molecule has 1 aromatic carbocycles. The van der Waals surface area contributed by atoms with Crippen molar-refractivity contribution in [1.29, 1.82) is 0 Å². The SMILES string of the molecule is CCc1ccc(CNC)cc1S(=O)(=O)NCC1CCOC1. The second kappa shape index (κ2) is 7.35. The van der Waals surface area contributed by atoms with Crippen LogP contribution < -0.4 is 10.0 Å². The van der Waals surface area contributed by atoms with Crippen LogP contribution in [0, 0.1) is 5.92 Å². The van der Waals surface area contributed by atoms with Crippen LogP contribution in [0.15, 0.2) is 23.1 Å². The highest BCUT2D eigenvalue weighted by Gasteiger charge is 2.22. The predicted octanol–water partition coefficient (Wildman–Crippen LogP) is 1.28. The van der Waals surface area contributed by atoms with Gasteiger partial charge in [-0.1, -0.05) is 19.1 Å². The first-order valence-corrected chi connectivity index (χ1v) is 8.89. The number of aryl methyl sites for hydroxylation is 1. The van der Waals surface area contributed by atoms with Crippen molar-refractivity contribution in [1.82, 2.24) is 10.0 Å². The van der Waals surface area contributed by atoms with E-state index in [1.807, 2.05) is 26.1 Å². The highest BCUT2D eigenvalue weighted by molar-refractivity contribution is 7.89. The summed E-state index contributed by atoms with van der Waals surface area (Å²) in [6.07, 6.45) is 1.62. The second-order valence-corrected chi connectivity index (χ2v) is 7.14. The van der Waals surface area contributed by atoms with Crippen molar-refractivity contribution in [2.75, 3.05) is 26.8 Å². The Morgan fingerprint density at radius 3 is 2.81 bits per heavy atom. The van der Waals surface area contributed by atoms with E-state index in [-0.39, 0.29) is 5.92 Å². The van der Waals surface area contributed by atoms with Gasteiger partial charge in [0.25, 0.3) is 0 Å². The summed E-state index contributed by atoms with van der Waals surface area (Å²) in [5.74, 6) is 0.283. The van der Waals surface area contributed by atoms with E-state index in [0.29, 0.717) is 31.0 Å². The summed E-state index contributed by atoms with van der Waals surface area (Å²) in [6, 6.07) is 5.64. The number of hydrogen-bond donors (Lipinski definition) is 2. The van der Waals surface area contributed by atoms with Gasteiger partial charge in [0.15, 0.2) is 0 Å². The third kappa shape index (κ3) is 4.26. The lowest BCUT2D eigenvalue weighted by atomic mass is 10.1. The van der Waals surface area contributed by atoms with Crippen LogP contribution in [0.4, 0.5) is 0 Å². The molecule has 118 valence electrons. The normalized spacial score (nSPS) is 19.0. The minimum atomic E-state index is -3.46. The number of hydrogen-bond acceptors (Lipinski definition) is 4. The van der Waals surface area contributed by atoms with Gasteiger partial charge in [0.05, 0.1) is 11.5 Å². The van der Waals surface area contributed by atoms with Crippen LogP contribution in [0.2, 0.25) is 0 Å². The number of rotatable bonds is 7. The lowest BCUT2D eigenvalue weighted by Crippen LogP contribution is -2.30. The summed E-state index contributed by atoms with van der Waals surface area (Å²) in [5, 5.41) is 3.05. The first-order valence-electron chi connectivity index (χ1n) is 7.40. The molecule has 5 nitrogen and oxygen atoms in total. The fourth-order valence-electron chi connectivity index (χ4n) is 2.50. The first-order chi connectivity index (χ1) is 10.1. The number of ether oxygens (including phenoxy) is 1. The predicted molar refractivity (Wildman–Crippen MR) is 82.7 cm³/mol. The molecule has 2 N–H and O–H groups in total. The van der Waals surface area contributed by atoms with Gasteiger partial charge >= 0.3 is 0 Å². The minimum Gasteiger partial charge on any atom is -0.381 e. The number of nitrogens with one attached hydrogen (secondary N) is 2. The molecular formula is C15H24N2O3S. The monoisotopic (exact) mass is 312 g/mol. The van der Waals surface area contributed by atoms with Gasteiger partial charge in [0.1, 0.15) is 0 Å². The Balaban J connectivity index is 2.18. The molecule has 0 radical (unpaired) electrons. The van der Waals surface area contributed by atoms with Gasteiger partial charge in [0, 0.05) is 19.7 Å². The van der Waals surface area contributed by atoms with E-state index < -0.39 is 10.0 Å². The van der Waals surface area contributed by atoms with E-state index in [0.717, 1.165) is 24.2 Å². The van der Waals surface area contributed by atoms with Gasteiger partial charge in [-0.2, -0.15) is 0 Å². The van der Waals surface area contributed by atoms with Crippen LogP contribution in [-0.4, -0.2) is 35.2 Å². The van der Waals surface area contributed by atoms with Crippen LogP contribution in [0.1, 0.15) is 24.5 Å². The average molecular weight is 312 g/mol. The zero-order valence-electron chi connectivity index (χ0n) is 12.7. The van der Waals surface area contributed by atoms with E-state index in [1.54, 1.807) is 6.07 Å². The molecule has 6 heteroatoms. The summed E-state index contributed by atoms with van der Waals surface area (Å²) < 4.78 is 33.1. The van der Waals surface area contributed by atoms with Crippen LogP contribution >= 0.6 is 0 Å². The largest absolute Gasteiger partial charge is 0.381 e. The van der Waals surface area contributed by atoms with Gasteiger partial charge in [-0.05, 0) is 43.0 Å². The molecule has 1 atom stereocenters. The molecule has 1 heterocycles. The van der Waals surface area contributed by atoms with E-state index in [1.165, 1.54) is 0 Å². The van der Waals surface area contributed by atoms with Crippen molar-refractivity contribution in [2.24, 2.45) is 5.92 Å². The third-order valence-electron chi connectivity index (χ3n) is 3.77. The topological polar surface area (TPSA) is 67.4 Å². The van der Waals surface area contributed by atoms with Gasteiger partial charge < -0.3 is 10.1 Å². The molecule has 21 heavy (non-hydrogen) atoms. The highest BCUT2D eigenvalue weighted by atomic mass is 32.2. The maximum atomic E-state index is 12.6. The molecule has 0 saturated carbocycles. The van der Waals surface area contributed by atoms with Crippen molar-refractivity contribution in [3.05, 3.63) is 29.3 Å². The molecule has 0 aromatic heterocycles. The Labute approximate surface area is 127 Å². The number of sulfonamides is 1. The minimum absolute atomic E-state index is 0.283. The molecule has 0 amide bonds. The molecule has 1 aliphatic heterocycles. The molecule has 0 bridgehead atoms. The van der Waals surface area contributed by atoms with Gasteiger partial charge in [0.2, 0.25) is 10.0 Å². The molecule has 1 unspecified atom stereocenters. The molecule has 1 saturated heterocycles. The molecule has 1 fully saturated rings. The fourth-order valence-corrected chi connectivity index (χ4v) is 3.98. The zero-order valence-corrected chi connectivity index (χ0v) is 13.5. The van der Waals surface area contributed by atoms with Crippen LogP contribution in [-0.2, 0) is 27.7 Å². The summed E-state index contributed by atoms with van der Waals surface area (Å²) in [5.41, 5.74) is 1.82. The summed E-state index contributed by atoms with van der Waals surface area (Å²) in [4.78, 5) is 0.400. The van der Waals surface area contributed by atoms with Crippen molar-refractivity contribution >= 4 is 10.0 Å². The van der Waals surface area contributed by atoms with Crippen LogP contribution in [0.5, 0.6) is 0 Å². The van der Waals surface area contributed by atoms with Gasteiger partial charge in [-0.3, -0.25) is 0 Å². The Morgan fingerprint density at radius 1 is 1.38 bits per heavy atom. The maximum Gasteiger partial charge on any atom is 0.240 e. The highest BCUT2D eigenvalue weighted by Crippen LogP contribution is 2.19. The van der Waals surface area contributed by atoms with Crippen molar-refractivity contribution in [3.63, 3.8) is 0 Å². The van der Waals surface area contributed by atoms with E-state index >= 15 is 0 Å². The lowest BCUT2D eigenvalue weighted by Gasteiger charge is -2.14. The van der Waals surface area contributed by atoms with Crippen molar-refractivity contribution in [3.8, 4) is 0 Å². The summed E-state index contributed by atoms with van der Waals surface area (Å²) in [6.45, 7) is 4.44. The lowest BCUT2D eigenvalue weighted by molar-refractivity contribution is 0.186. The second-order valence-electron chi connectivity index (χ2n) is 5.41. The van der Waals surface area contributed by atoms with Crippen LogP contribution in [0.25, 0.3) is 0 Å². The zero-order chi connectivity index (χ0) is 15.3. The standard InChI is InChI=1S/C15H24N2O3S/c1-3-14-5-4-12(9-16-2)8-15(14)21(18,19)17-10-13-6-7-20-11-13/h4-5,8,13,16-17H,3,6-7,9-11H2,1-2H3. The molecule has 2 rings (SSSR count). The maximum absolute atomic E-state index is 12.6. The molecule has 1 aliphatic rings. The van der Waals surface area contributed by atoms with E-state index in [9.17, 15) is 8.42 Å². The Hall–Kier alpha value is -0.950. The van der Waals surface area contributed by atoms with Gasteiger partial charge in [-0.25, -0.2) is 13.1 Å². The Bertz CT molecular complexity index is 566. The Morgan fingerprint density at radius 2 is 2.19 bits per heavy atom. The molecule has 0 aliphatic carbocycles. The third-order valence-corrected chi connectivity index (χ3v) is 5.27. The fraction of sp³-hybridized carbons (Fsp3) is 0.600. The molecular weight excluding hydrogens is 288 g/mol.